The molecule has 2 nitrogen and oxygen atoms in total. The molecule has 0 aromatic heterocycles. The Morgan fingerprint density at radius 2 is 1.81 bits per heavy atom. The number of nitrogens with zero attached hydrogens (tertiary/aromatic N) is 1. The Labute approximate surface area is 128 Å². The van der Waals surface area contributed by atoms with Crippen LogP contribution < -0.4 is 9.64 Å². The first-order chi connectivity index (χ1) is 10.3. The van der Waals surface area contributed by atoms with Gasteiger partial charge in [-0.2, -0.15) is 0 Å². The molecule has 2 aliphatic carbocycles. The molecule has 1 saturated heterocycles. The van der Waals surface area contributed by atoms with Crippen molar-refractivity contribution in [3.8, 4) is 5.75 Å². The number of rotatable bonds is 3. The molecule has 2 saturated carbocycles. The Kier molecular flexibility index (Phi) is 3.35. The third kappa shape index (κ3) is 2.33. The quantitative estimate of drug-likeness (QED) is 0.796. The molecule has 1 heterocycles. The molecule has 1 aliphatic heterocycles. The maximum atomic E-state index is 5.49. The zero-order chi connectivity index (χ0) is 14.3. The first-order valence-corrected chi connectivity index (χ1v) is 8.73. The van der Waals surface area contributed by atoms with Gasteiger partial charge in [-0.3, -0.25) is 0 Å². The Hall–Kier alpha value is -1.18. The smallest absolute Gasteiger partial charge is 0.119 e. The lowest BCUT2D eigenvalue weighted by molar-refractivity contribution is 0.0901. The van der Waals surface area contributed by atoms with E-state index < -0.39 is 0 Å². The van der Waals surface area contributed by atoms with E-state index in [9.17, 15) is 0 Å². The highest BCUT2D eigenvalue weighted by molar-refractivity contribution is 5.60. The number of ether oxygens (including phenoxy) is 1. The molecule has 3 fully saturated rings. The molecule has 1 aromatic rings. The van der Waals surface area contributed by atoms with Crippen LogP contribution in [0.2, 0.25) is 0 Å². The second-order valence-corrected chi connectivity index (χ2v) is 7.47. The Balaban J connectivity index is 1.59. The van der Waals surface area contributed by atoms with Gasteiger partial charge in [-0.25, -0.2) is 0 Å². The van der Waals surface area contributed by atoms with E-state index in [1.54, 1.807) is 12.7 Å². The van der Waals surface area contributed by atoms with Gasteiger partial charge in [-0.15, -0.1) is 0 Å². The maximum absolute atomic E-state index is 5.49. The van der Waals surface area contributed by atoms with E-state index in [1.807, 2.05) is 0 Å². The Morgan fingerprint density at radius 1 is 1.05 bits per heavy atom. The van der Waals surface area contributed by atoms with E-state index in [2.05, 4.69) is 23.1 Å². The zero-order valence-electron chi connectivity index (χ0n) is 13.2. The van der Waals surface area contributed by atoms with E-state index in [4.69, 9.17) is 4.74 Å². The van der Waals surface area contributed by atoms with Gasteiger partial charge in [0.2, 0.25) is 0 Å². The second kappa shape index (κ2) is 5.23. The van der Waals surface area contributed by atoms with Crippen molar-refractivity contribution in [1.29, 1.82) is 0 Å². The van der Waals surface area contributed by atoms with Crippen LogP contribution in [0.1, 0.15) is 62.8 Å². The molecule has 0 N–H and O–H groups in total. The number of methoxy groups -OCH3 is 1. The van der Waals surface area contributed by atoms with Crippen LogP contribution in [0.4, 0.5) is 5.69 Å². The largest absolute Gasteiger partial charge is 0.497 e. The summed E-state index contributed by atoms with van der Waals surface area (Å²) in [5, 5.41) is 0. The van der Waals surface area contributed by atoms with Crippen molar-refractivity contribution in [2.75, 3.05) is 25.1 Å². The highest BCUT2D eigenvalue weighted by Gasteiger charge is 2.47. The summed E-state index contributed by atoms with van der Waals surface area (Å²) in [6.45, 7) is 2.58. The van der Waals surface area contributed by atoms with Crippen LogP contribution in [-0.4, -0.2) is 20.2 Å². The SMILES string of the molecule is COc1ccc(N2CC3(CCC3)C2)c(C2CCCCC2)c1. The van der Waals surface area contributed by atoms with Gasteiger partial charge in [0, 0.05) is 24.2 Å². The standard InChI is InChI=1S/C19H27NO/c1-21-16-8-9-18(20-13-19(14-20)10-5-11-19)17(12-16)15-6-3-2-4-7-15/h8-9,12,15H,2-7,10-11,13-14H2,1H3. The van der Waals surface area contributed by atoms with Crippen LogP contribution in [0, 0.1) is 5.41 Å². The predicted molar refractivity (Wildman–Crippen MR) is 87.3 cm³/mol. The lowest BCUT2D eigenvalue weighted by atomic mass is 9.63. The lowest BCUT2D eigenvalue weighted by Gasteiger charge is -2.57. The van der Waals surface area contributed by atoms with Gasteiger partial charge in [-0.05, 0) is 55.4 Å². The van der Waals surface area contributed by atoms with Gasteiger partial charge >= 0.3 is 0 Å². The fourth-order valence-corrected chi connectivity index (χ4v) is 4.61. The van der Waals surface area contributed by atoms with Crippen LogP contribution in [0.25, 0.3) is 0 Å². The normalized spacial score (nSPS) is 24.5. The van der Waals surface area contributed by atoms with Crippen LogP contribution in [0.5, 0.6) is 5.75 Å². The third-order valence-electron chi connectivity index (χ3n) is 6.09. The molecule has 0 amide bonds. The van der Waals surface area contributed by atoms with Gasteiger partial charge < -0.3 is 9.64 Å². The average molecular weight is 285 g/mol. The van der Waals surface area contributed by atoms with Crippen LogP contribution >= 0.6 is 0 Å². The monoisotopic (exact) mass is 285 g/mol. The summed E-state index contributed by atoms with van der Waals surface area (Å²) in [7, 11) is 1.78. The summed E-state index contributed by atoms with van der Waals surface area (Å²) in [4.78, 5) is 2.63. The molecular weight excluding hydrogens is 258 g/mol. The number of anilines is 1. The average Bonchev–Trinajstić information content (AvgIpc) is 2.45. The van der Waals surface area contributed by atoms with Crippen molar-refractivity contribution >= 4 is 5.69 Å². The summed E-state index contributed by atoms with van der Waals surface area (Å²) in [5.41, 5.74) is 3.76. The van der Waals surface area contributed by atoms with Gasteiger partial charge in [0.15, 0.2) is 0 Å². The van der Waals surface area contributed by atoms with E-state index in [0.717, 1.165) is 11.7 Å². The molecule has 4 rings (SSSR count). The molecule has 114 valence electrons. The molecule has 21 heavy (non-hydrogen) atoms. The first-order valence-electron chi connectivity index (χ1n) is 8.73. The van der Waals surface area contributed by atoms with Crippen molar-refractivity contribution < 1.29 is 4.74 Å². The van der Waals surface area contributed by atoms with E-state index in [-0.39, 0.29) is 0 Å². The zero-order valence-corrected chi connectivity index (χ0v) is 13.2. The Morgan fingerprint density at radius 3 is 2.43 bits per heavy atom. The fraction of sp³-hybridized carbons (Fsp3) is 0.684. The molecule has 0 unspecified atom stereocenters. The van der Waals surface area contributed by atoms with E-state index >= 15 is 0 Å². The summed E-state index contributed by atoms with van der Waals surface area (Å²) < 4.78 is 5.49. The first kappa shape index (κ1) is 13.5. The second-order valence-electron chi connectivity index (χ2n) is 7.47. The van der Waals surface area contributed by atoms with E-state index in [0.29, 0.717) is 5.41 Å². The fourth-order valence-electron chi connectivity index (χ4n) is 4.61. The molecular formula is C19H27NO. The predicted octanol–water partition coefficient (Wildman–Crippen LogP) is 4.73. The van der Waals surface area contributed by atoms with Crippen molar-refractivity contribution in [3.63, 3.8) is 0 Å². The van der Waals surface area contributed by atoms with E-state index in [1.165, 1.54) is 70.1 Å². The summed E-state index contributed by atoms with van der Waals surface area (Å²) in [5.74, 6) is 1.78. The Bertz CT molecular complexity index is 506. The number of hydrogen-bond acceptors (Lipinski definition) is 2. The van der Waals surface area contributed by atoms with Crippen molar-refractivity contribution in [2.45, 2.75) is 57.3 Å². The minimum atomic E-state index is 0.698. The number of benzene rings is 1. The topological polar surface area (TPSA) is 12.5 Å². The molecule has 0 atom stereocenters. The number of hydrogen-bond donors (Lipinski definition) is 0. The van der Waals surface area contributed by atoms with Crippen LogP contribution in [-0.2, 0) is 0 Å². The molecule has 0 radical (unpaired) electrons. The summed E-state index contributed by atoms with van der Waals surface area (Å²) in [6, 6.07) is 6.78. The van der Waals surface area contributed by atoms with Crippen molar-refractivity contribution in [1.82, 2.24) is 0 Å². The van der Waals surface area contributed by atoms with Gasteiger partial charge in [0.25, 0.3) is 0 Å². The minimum absolute atomic E-state index is 0.698. The highest BCUT2D eigenvalue weighted by atomic mass is 16.5. The summed E-state index contributed by atoms with van der Waals surface area (Å²) in [6.07, 6.45) is 11.3. The third-order valence-corrected chi connectivity index (χ3v) is 6.09. The van der Waals surface area contributed by atoms with Gasteiger partial charge in [0.1, 0.15) is 5.75 Å². The highest BCUT2D eigenvalue weighted by Crippen LogP contribution is 2.51. The molecule has 3 aliphatic rings. The van der Waals surface area contributed by atoms with Crippen LogP contribution in [0.3, 0.4) is 0 Å². The van der Waals surface area contributed by atoms with Crippen LogP contribution in [0.15, 0.2) is 18.2 Å². The van der Waals surface area contributed by atoms with Gasteiger partial charge in [-0.1, -0.05) is 25.7 Å². The molecule has 1 aromatic carbocycles. The lowest BCUT2D eigenvalue weighted by Crippen LogP contribution is -2.60. The van der Waals surface area contributed by atoms with Crippen molar-refractivity contribution in [2.24, 2.45) is 5.41 Å². The molecule has 2 heteroatoms. The maximum Gasteiger partial charge on any atom is 0.119 e. The minimum Gasteiger partial charge on any atom is -0.497 e. The molecule has 0 bridgehead atoms. The van der Waals surface area contributed by atoms with Crippen molar-refractivity contribution in [3.05, 3.63) is 23.8 Å². The molecule has 1 spiro atoms. The summed E-state index contributed by atoms with van der Waals surface area (Å²) >= 11 is 0. The van der Waals surface area contributed by atoms with Gasteiger partial charge in [0.05, 0.1) is 7.11 Å².